The van der Waals surface area contributed by atoms with Gasteiger partial charge in [-0.05, 0) is 43.4 Å². The lowest BCUT2D eigenvalue weighted by atomic mass is 10.00. The van der Waals surface area contributed by atoms with Crippen molar-refractivity contribution in [2.75, 3.05) is 39.6 Å². The minimum Gasteiger partial charge on any atom is -0.462 e. The summed E-state index contributed by atoms with van der Waals surface area (Å²) in [6.07, 6.45) is 40.5. The van der Waals surface area contributed by atoms with E-state index in [1.807, 2.05) is 0 Å². The number of unbranched alkanes of at least 4 members (excludes halogenated alkanes) is 32. The molecule has 0 aliphatic carbocycles. The fraction of sp³-hybridized carbons (Fsp3) is 0.940. The Bertz CT molecular complexity index is 1700. The molecule has 0 heterocycles. The van der Waals surface area contributed by atoms with Crippen molar-refractivity contribution in [1.82, 2.24) is 0 Å². The van der Waals surface area contributed by atoms with Gasteiger partial charge in [0.15, 0.2) is 12.2 Å². The number of phosphoric ester groups is 2. The highest BCUT2D eigenvalue weighted by atomic mass is 31.2. The van der Waals surface area contributed by atoms with E-state index in [0.717, 1.165) is 115 Å². The highest BCUT2D eigenvalue weighted by Gasteiger charge is 2.30. The molecule has 0 fully saturated rings. The van der Waals surface area contributed by atoms with E-state index in [2.05, 4.69) is 48.5 Å². The molecular weight excluding hydrogens is 1140 g/mol. The molecular formula is C67H130O17P2. The topological polar surface area (TPSA) is 237 Å². The number of hydrogen-bond donors (Lipinski definition) is 3. The van der Waals surface area contributed by atoms with Crippen molar-refractivity contribution in [3.8, 4) is 0 Å². The number of esters is 4. The fourth-order valence-electron chi connectivity index (χ4n) is 9.98. The smallest absolute Gasteiger partial charge is 0.462 e. The Morgan fingerprint density at radius 3 is 0.884 bits per heavy atom. The third-order valence-electron chi connectivity index (χ3n) is 15.7. The second-order valence-corrected chi connectivity index (χ2v) is 28.3. The summed E-state index contributed by atoms with van der Waals surface area (Å²) in [6, 6.07) is 0. The zero-order valence-electron chi connectivity index (χ0n) is 55.8. The van der Waals surface area contributed by atoms with Crippen LogP contribution in [0.25, 0.3) is 0 Å². The highest BCUT2D eigenvalue weighted by molar-refractivity contribution is 7.47. The number of aliphatic hydroxyl groups is 1. The molecule has 0 aromatic carbocycles. The zero-order valence-corrected chi connectivity index (χ0v) is 57.6. The minimum atomic E-state index is -4.95. The predicted octanol–water partition coefficient (Wildman–Crippen LogP) is 18.7. The summed E-state index contributed by atoms with van der Waals surface area (Å²) < 4.78 is 68.0. The van der Waals surface area contributed by atoms with Crippen LogP contribution >= 0.6 is 15.6 Å². The quantitative estimate of drug-likeness (QED) is 0.0222. The van der Waals surface area contributed by atoms with Crippen molar-refractivity contribution in [3.05, 3.63) is 0 Å². The van der Waals surface area contributed by atoms with Crippen LogP contribution < -0.4 is 0 Å². The standard InChI is InChI=1S/C67H130O17P2/c1-8-10-11-12-13-26-34-41-48-64(69)77-55-63(84-67(72)51-44-37-30-29-33-40-47-60(7)9-2)57-82-86(75,76)80-53-61(68)52-79-85(73,74)81-56-62(54-78-65(70)49-42-35-28-23-25-32-39-46-59(5)6)83-66(71)50-43-36-27-22-20-18-16-14-15-17-19-21-24-31-38-45-58(3)4/h58-63,68H,8-57H2,1-7H3,(H,73,74)(H,75,76)/t60?,61-,62-,63-/m1/s1. The Morgan fingerprint density at radius 1 is 0.337 bits per heavy atom. The Balaban J connectivity index is 5.19. The molecule has 0 rings (SSSR count). The van der Waals surface area contributed by atoms with Crippen molar-refractivity contribution < 1.29 is 80.2 Å². The van der Waals surface area contributed by atoms with Gasteiger partial charge in [0.05, 0.1) is 26.4 Å². The molecule has 6 atom stereocenters. The van der Waals surface area contributed by atoms with E-state index < -0.39 is 97.5 Å². The molecule has 0 amide bonds. The molecule has 0 aliphatic heterocycles. The molecule has 3 N–H and O–H groups in total. The number of aliphatic hydroxyl groups excluding tert-OH is 1. The lowest BCUT2D eigenvalue weighted by Crippen LogP contribution is -2.30. The molecule has 86 heavy (non-hydrogen) atoms. The summed E-state index contributed by atoms with van der Waals surface area (Å²) in [5.74, 6) is 0.0911. The van der Waals surface area contributed by atoms with Gasteiger partial charge >= 0.3 is 39.5 Å². The third-order valence-corrected chi connectivity index (χ3v) is 17.6. The van der Waals surface area contributed by atoms with Crippen molar-refractivity contribution >= 4 is 39.5 Å². The van der Waals surface area contributed by atoms with E-state index in [-0.39, 0.29) is 25.7 Å². The first kappa shape index (κ1) is 84.1. The van der Waals surface area contributed by atoms with Crippen LogP contribution in [0.15, 0.2) is 0 Å². The van der Waals surface area contributed by atoms with Crippen molar-refractivity contribution in [2.24, 2.45) is 17.8 Å². The van der Waals surface area contributed by atoms with Crippen molar-refractivity contribution in [2.45, 2.75) is 349 Å². The van der Waals surface area contributed by atoms with Crippen LogP contribution in [0.3, 0.4) is 0 Å². The first-order chi connectivity index (χ1) is 41.3. The molecule has 0 aliphatic rings. The normalized spacial score (nSPS) is 14.6. The molecule has 0 saturated carbocycles. The van der Waals surface area contributed by atoms with Crippen LogP contribution in [0.1, 0.15) is 331 Å². The molecule has 0 aromatic rings. The van der Waals surface area contributed by atoms with Gasteiger partial charge in [0.25, 0.3) is 0 Å². The van der Waals surface area contributed by atoms with Gasteiger partial charge in [-0.25, -0.2) is 9.13 Å². The largest absolute Gasteiger partial charge is 0.472 e. The summed E-state index contributed by atoms with van der Waals surface area (Å²) in [5.41, 5.74) is 0. The van der Waals surface area contributed by atoms with E-state index >= 15 is 0 Å². The second kappa shape index (κ2) is 58.2. The van der Waals surface area contributed by atoms with Crippen molar-refractivity contribution in [1.29, 1.82) is 0 Å². The first-order valence-electron chi connectivity index (χ1n) is 34.9. The summed E-state index contributed by atoms with van der Waals surface area (Å²) in [4.78, 5) is 72.2. The Hall–Kier alpha value is -1.94. The van der Waals surface area contributed by atoms with Gasteiger partial charge in [0.2, 0.25) is 0 Å². The summed E-state index contributed by atoms with van der Waals surface area (Å²) in [6.45, 7) is 11.7. The van der Waals surface area contributed by atoms with Gasteiger partial charge in [-0.1, -0.05) is 280 Å². The summed E-state index contributed by atoms with van der Waals surface area (Å²) in [5, 5.41) is 10.5. The van der Waals surface area contributed by atoms with Crippen LogP contribution in [0.5, 0.6) is 0 Å². The molecule has 19 heteroatoms. The SMILES string of the molecule is CCCCCCCCCCC(=O)OC[C@H](COP(=O)(O)OC[C@H](O)COP(=O)(O)OC[C@@H](COC(=O)CCCCCCCCCC(C)C)OC(=O)CCCCCCCCCCCCCCCCCC(C)C)OC(=O)CCCCCCCCC(C)CC. The average molecular weight is 1270 g/mol. The molecule has 0 aromatic heterocycles. The molecule has 0 radical (unpaired) electrons. The van der Waals surface area contributed by atoms with Gasteiger partial charge in [0.1, 0.15) is 19.3 Å². The maximum Gasteiger partial charge on any atom is 0.472 e. The average Bonchev–Trinajstić information content (AvgIpc) is 3.58. The first-order valence-corrected chi connectivity index (χ1v) is 37.9. The fourth-order valence-corrected chi connectivity index (χ4v) is 11.6. The predicted molar refractivity (Wildman–Crippen MR) is 344 cm³/mol. The lowest BCUT2D eigenvalue weighted by Gasteiger charge is -2.21. The van der Waals surface area contributed by atoms with Crippen LogP contribution in [-0.2, 0) is 65.4 Å². The molecule has 17 nitrogen and oxygen atoms in total. The number of carbonyl (C=O) groups excluding carboxylic acids is 4. The second-order valence-electron chi connectivity index (χ2n) is 25.4. The molecule has 3 unspecified atom stereocenters. The van der Waals surface area contributed by atoms with E-state index in [9.17, 15) is 43.2 Å². The van der Waals surface area contributed by atoms with E-state index in [0.29, 0.717) is 31.6 Å². The summed E-state index contributed by atoms with van der Waals surface area (Å²) >= 11 is 0. The molecule has 0 bridgehead atoms. The monoisotopic (exact) mass is 1270 g/mol. The van der Waals surface area contributed by atoms with Crippen LogP contribution in [0.2, 0.25) is 0 Å². The Labute approximate surface area is 524 Å². The third kappa shape index (κ3) is 59.7. The molecule has 510 valence electrons. The van der Waals surface area contributed by atoms with Gasteiger partial charge in [-0.3, -0.25) is 37.3 Å². The van der Waals surface area contributed by atoms with E-state index in [1.165, 1.54) is 128 Å². The minimum absolute atomic E-state index is 0.102. The van der Waals surface area contributed by atoms with Gasteiger partial charge < -0.3 is 33.8 Å². The van der Waals surface area contributed by atoms with Gasteiger partial charge in [0, 0.05) is 25.7 Å². The van der Waals surface area contributed by atoms with E-state index in [1.54, 1.807) is 0 Å². The number of phosphoric acid groups is 2. The Kier molecular flexibility index (Phi) is 56.9. The summed E-state index contributed by atoms with van der Waals surface area (Å²) in [7, 11) is -9.89. The lowest BCUT2D eigenvalue weighted by molar-refractivity contribution is -0.161. The zero-order chi connectivity index (χ0) is 63.8. The van der Waals surface area contributed by atoms with Crippen LogP contribution in [-0.4, -0.2) is 96.7 Å². The molecule has 0 saturated heterocycles. The van der Waals surface area contributed by atoms with Crippen molar-refractivity contribution in [3.63, 3.8) is 0 Å². The number of ether oxygens (including phenoxy) is 4. The molecule has 0 spiro atoms. The van der Waals surface area contributed by atoms with Crippen LogP contribution in [0, 0.1) is 17.8 Å². The van der Waals surface area contributed by atoms with E-state index in [4.69, 9.17) is 37.0 Å². The number of carbonyl (C=O) groups is 4. The van der Waals surface area contributed by atoms with Gasteiger partial charge in [-0.2, -0.15) is 0 Å². The van der Waals surface area contributed by atoms with Gasteiger partial charge in [-0.15, -0.1) is 0 Å². The highest BCUT2D eigenvalue weighted by Crippen LogP contribution is 2.45. The number of rotatable bonds is 65. The maximum absolute atomic E-state index is 13.0. The number of hydrogen-bond acceptors (Lipinski definition) is 15. The maximum atomic E-state index is 13.0. The Morgan fingerprint density at radius 2 is 0.593 bits per heavy atom. The van der Waals surface area contributed by atoms with Crippen LogP contribution in [0.4, 0.5) is 0 Å².